The van der Waals surface area contributed by atoms with Crippen molar-refractivity contribution >= 4 is 11.3 Å². The molecule has 0 saturated heterocycles. The third kappa shape index (κ3) is 4.60. The summed E-state index contributed by atoms with van der Waals surface area (Å²) in [6.07, 6.45) is 0. The summed E-state index contributed by atoms with van der Waals surface area (Å²) >= 11 is 1.82. The van der Waals surface area contributed by atoms with Gasteiger partial charge in [0.15, 0.2) is 0 Å². The van der Waals surface area contributed by atoms with Crippen molar-refractivity contribution in [2.45, 2.75) is 33.9 Å². The maximum Gasteiger partial charge on any atom is 0.107 e. The fourth-order valence-electron chi connectivity index (χ4n) is 1.46. The lowest BCUT2D eigenvalue weighted by atomic mass is 10.2. The zero-order valence-electron chi connectivity index (χ0n) is 11.0. The molecule has 0 amide bonds. The van der Waals surface area contributed by atoms with E-state index in [0.717, 1.165) is 19.6 Å². The molecule has 0 aromatic carbocycles. The normalized spacial score (nSPS) is 11.7. The number of rotatable bonds is 6. The van der Waals surface area contributed by atoms with Crippen LogP contribution in [-0.4, -0.2) is 30.5 Å². The van der Waals surface area contributed by atoms with Crippen LogP contribution in [0.2, 0.25) is 0 Å². The standard InChI is InChI=1S/C12H23N3S/c1-9(2)6-13-7-11-10(3)14-12(16-11)8-15(4)5/h9,13H,6-8H2,1-5H3. The van der Waals surface area contributed by atoms with Crippen LogP contribution in [0.1, 0.15) is 29.4 Å². The maximum absolute atomic E-state index is 4.59. The first-order chi connectivity index (χ1) is 7.49. The molecule has 0 bridgehead atoms. The minimum absolute atomic E-state index is 0.703. The zero-order valence-corrected chi connectivity index (χ0v) is 11.8. The molecule has 1 aromatic heterocycles. The van der Waals surface area contributed by atoms with Crippen molar-refractivity contribution in [1.29, 1.82) is 0 Å². The van der Waals surface area contributed by atoms with E-state index in [4.69, 9.17) is 0 Å². The first-order valence-electron chi connectivity index (χ1n) is 5.79. The van der Waals surface area contributed by atoms with E-state index in [9.17, 15) is 0 Å². The quantitative estimate of drug-likeness (QED) is 0.828. The van der Waals surface area contributed by atoms with Gasteiger partial charge in [-0.05, 0) is 33.5 Å². The lowest BCUT2D eigenvalue weighted by Crippen LogP contribution is -2.18. The third-order valence-corrected chi connectivity index (χ3v) is 3.37. The molecule has 0 aliphatic rings. The molecule has 0 spiro atoms. The highest BCUT2D eigenvalue weighted by Crippen LogP contribution is 2.18. The summed E-state index contributed by atoms with van der Waals surface area (Å²) in [5.41, 5.74) is 1.18. The van der Waals surface area contributed by atoms with Crippen molar-refractivity contribution < 1.29 is 0 Å². The summed E-state index contributed by atoms with van der Waals surface area (Å²) in [7, 11) is 4.15. The van der Waals surface area contributed by atoms with Crippen LogP contribution in [0.5, 0.6) is 0 Å². The van der Waals surface area contributed by atoms with E-state index in [1.165, 1.54) is 15.6 Å². The summed E-state index contributed by atoms with van der Waals surface area (Å²) in [6.45, 7) is 9.52. The SMILES string of the molecule is Cc1nc(CN(C)C)sc1CNCC(C)C. The Bertz CT molecular complexity index is 318. The van der Waals surface area contributed by atoms with Crippen molar-refractivity contribution in [3.63, 3.8) is 0 Å². The molecule has 1 N–H and O–H groups in total. The second-order valence-corrected chi connectivity index (χ2v) is 6.05. The molecule has 1 aromatic rings. The summed E-state index contributed by atoms with van der Waals surface area (Å²) in [5, 5.41) is 4.68. The molecule has 92 valence electrons. The van der Waals surface area contributed by atoms with Gasteiger partial charge in [-0.1, -0.05) is 13.8 Å². The maximum atomic E-state index is 4.59. The number of nitrogens with one attached hydrogen (secondary N) is 1. The van der Waals surface area contributed by atoms with Crippen LogP contribution in [0.4, 0.5) is 0 Å². The van der Waals surface area contributed by atoms with Crippen LogP contribution in [-0.2, 0) is 13.1 Å². The van der Waals surface area contributed by atoms with Crippen LogP contribution in [0, 0.1) is 12.8 Å². The Morgan fingerprint density at radius 2 is 2.06 bits per heavy atom. The summed E-state index contributed by atoms with van der Waals surface area (Å²) in [6, 6.07) is 0. The number of hydrogen-bond donors (Lipinski definition) is 1. The van der Waals surface area contributed by atoms with E-state index < -0.39 is 0 Å². The van der Waals surface area contributed by atoms with Crippen molar-refractivity contribution in [3.8, 4) is 0 Å². The van der Waals surface area contributed by atoms with Gasteiger partial charge in [0.1, 0.15) is 5.01 Å². The van der Waals surface area contributed by atoms with E-state index in [2.05, 4.69) is 50.1 Å². The fourth-order valence-corrected chi connectivity index (χ4v) is 2.62. The van der Waals surface area contributed by atoms with Crippen LogP contribution in [0.25, 0.3) is 0 Å². The Hall–Kier alpha value is -0.450. The molecule has 0 unspecified atom stereocenters. The largest absolute Gasteiger partial charge is 0.312 e. The van der Waals surface area contributed by atoms with Crippen LogP contribution in [0.3, 0.4) is 0 Å². The molecular weight excluding hydrogens is 218 g/mol. The van der Waals surface area contributed by atoms with Gasteiger partial charge < -0.3 is 10.2 Å². The number of thiazole rings is 1. The predicted octanol–water partition coefficient (Wildman–Crippen LogP) is 2.26. The molecule has 0 radical (unpaired) electrons. The van der Waals surface area contributed by atoms with Crippen molar-refractivity contribution in [2.24, 2.45) is 5.92 Å². The smallest absolute Gasteiger partial charge is 0.107 e. The second kappa shape index (κ2) is 6.33. The van der Waals surface area contributed by atoms with Crippen molar-refractivity contribution in [3.05, 3.63) is 15.6 Å². The minimum atomic E-state index is 0.703. The summed E-state index contributed by atoms with van der Waals surface area (Å²) < 4.78 is 0. The minimum Gasteiger partial charge on any atom is -0.312 e. The molecule has 0 fully saturated rings. The fraction of sp³-hybridized carbons (Fsp3) is 0.750. The summed E-state index contributed by atoms with van der Waals surface area (Å²) in [4.78, 5) is 8.11. The molecular formula is C12H23N3S. The molecule has 1 rings (SSSR count). The lowest BCUT2D eigenvalue weighted by molar-refractivity contribution is 0.401. The number of aromatic nitrogens is 1. The highest BCUT2D eigenvalue weighted by atomic mass is 32.1. The van der Waals surface area contributed by atoms with Gasteiger partial charge in [0.2, 0.25) is 0 Å². The van der Waals surface area contributed by atoms with E-state index in [0.29, 0.717) is 5.92 Å². The zero-order chi connectivity index (χ0) is 12.1. The van der Waals surface area contributed by atoms with E-state index in [1.54, 1.807) is 0 Å². The molecule has 0 aliphatic carbocycles. The third-order valence-electron chi connectivity index (χ3n) is 2.23. The lowest BCUT2D eigenvalue weighted by Gasteiger charge is -2.06. The van der Waals surface area contributed by atoms with E-state index >= 15 is 0 Å². The Morgan fingerprint density at radius 1 is 1.38 bits per heavy atom. The predicted molar refractivity (Wildman–Crippen MR) is 70.8 cm³/mol. The van der Waals surface area contributed by atoms with Gasteiger partial charge in [-0.3, -0.25) is 0 Å². The molecule has 4 heteroatoms. The molecule has 0 saturated carbocycles. The van der Waals surface area contributed by atoms with Gasteiger partial charge in [0, 0.05) is 18.0 Å². The Labute approximate surface area is 103 Å². The molecule has 3 nitrogen and oxygen atoms in total. The Kier molecular flexibility index (Phi) is 5.38. The average Bonchev–Trinajstić information content (AvgIpc) is 2.45. The second-order valence-electron chi connectivity index (χ2n) is 4.88. The summed E-state index contributed by atoms with van der Waals surface area (Å²) in [5.74, 6) is 0.703. The molecule has 0 atom stereocenters. The van der Waals surface area contributed by atoms with Gasteiger partial charge in [0.25, 0.3) is 0 Å². The topological polar surface area (TPSA) is 28.2 Å². The van der Waals surface area contributed by atoms with E-state index in [1.807, 2.05) is 11.3 Å². The number of hydrogen-bond acceptors (Lipinski definition) is 4. The highest BCUT2D eigenvalue weighted by molar-refractivity contribution is 7.11. The Morgan fingerprint density at radius 3 is 2.62 bits per heavy atom. The van der Waals surface area contributed by atoms with Crippen molar-refractivity contribution in [2.75, 3.05) is 20.6 Å². The van der Waals surface area contributed by atoms with Gasteiger partial charge >= 0.3 is 0 Å². The van der Waals surface area contributed by atoms with E-state index in [-0.39, 0.29) is 0 Å². The monoisotopic (exact) mass is 241 g/mol. The van der Waals surface area contributed by atoms with Gasteiger partial charge in [0.05, 0.1) is 5.69 Å². The van der Waals surface area contributed by atoms with Gasteiger partial charge in [-0.15, -0.1) is 11.3 Å². The average molecular weight is 241 g/mol. The molecule has 16 heavy (non-hydrogen) atoms. The van der Waals surface area contributed by atoms with Crippen LogP contribution >= 0.6 is 11.3 Å². The number of aryl methyl sites for hydroxylation is 1. The van der Waals surface area contributed by atoms with Crippen LogP contribution in [0.15, 0.2) is 0 Å². The van der Waals surface area contributed by atoms with Gasteiger partial charge in [-0.25, -0.2) is 4.98 Å². The number of nitrogens with zero attached hydrogens (tertiary/aromatic N) is 2. The van der Waals surface area contributed by atoms with Crippen molar-refractivity contribution in [1.82, 2.24) is 15.2 Å². The highest BCUT2D eigenvalue weighted by Gasteiger charge is 2.07. The Balaban J connectivity index is 2.50. The van der Waals surface area contributed by atoms with Crippen LogP contribution < -0.4 is 5.32 Å². The first-order valence-corrected chi connectivity index (χ1v) is 6.61. The van der Waals surface area contributed by atoms with Gasteiger partial charge in [-0.2, -0.15) is 0 Å². The molecule has 1 heterocycles. The first kappa shape index (κ1) is 13.6. The molecule has 0 aliphatic heterocycles.